The van der Waals surface area contributed by atoms with E-state index in [1.165, 1.54) is 11.8 Å². The average molecular weight is 247 g/mol. The highest BCUT2D eigenvalue weighted by atomic mass is 32.2. The largest absolute Gasteiger partial charge is 0.288 e. The molecule has 1 N–H and O–H groups in total. The van der Waals surface area contributed by atoms with E-state index in [0.29, 0.717) is 0 Å². The number of nitrogens with one attached hydrogen (secondary N) is 1. The van der Waals surface area contributed by atoms with Crippen molar-refractivity contribution in [1.82, 2.24) is 15.2 Å². The molecule has 0 fully saturated rings. The molecular formula is C12H13N3OS. The minimum Gasteiger partial charge on any atom is -0.288 e. The van der Waals surface area contributed by atoms with Gasteiger partial charge >= 0.3 is 0 Å². The third-order valence-corrected chi connectivity index (χ3v) is 3.07. The van der Waals surface area contributed by atoms with Crippen LogP contribution < -0.4 is 0 Å². The minimum absolute atomic E-state index is 0.163. The van der Waals surface area contributed by atoms with Gasteiger partial charge in [0, 0.05) is 18.1 Å². The molecule has 0 spiro atoms. The lowest BCUT2D eigenvalue weighted by atomic mass is 10.2. The summed E-state index contributed by atoms with van der Waals surface area (Å²) in [5, 5.41) is 8.02. The number of pyridine rings is 1. The molecule has 17 heavy (non-hydrogen) atoms. The van der Waals surface area contributed by atoms with Gasteiger partial charge in [0.25, 0.3) is 0 Å². The predicted molar refractivity (Wildman–Crippen MR) is 70.7 cm³/mol. The number of thioether (sulfide) groups is 1. The zero-order chi connectivity index (χ0) is 12.1. The molecule has 0 aromatic carbocycles. The number of carbonyl (C=O) groups excluding carboxylic acids is 1. The van der Waals surface area contributed by atoms with Crippen LogP contribution in [-0.2, 0) is 4.79 Å². The number of H-pyrrole nitrogens is 1. The Labute approximate surface area is 104 Å². The third kappa shape index (κ3) is 3.42. The van der Waals surface area contributed by atoms with Crippen molar-refractivity contribution in [3.8, 4) is 0 Å². The maximum Gasteiger partial charge on any atom is 0.185 e. The fraction of sp³-hybridized carbons (Fsp3) is 0.250. The molecule has 2 aromatic heterocycles. The first-order valence-electron chi connectivity index (χ1n) is 5.35. The number of nitrogens with zero attached hydrogens (tertiary/aromatic N) is 2. The molecule has 0 aliphatic rings. The molecule has 0 saturated carbocycles. The van der Waals surface area contributed by atoms with Crippen molar-refractivity contribution in [1.29, 1.82) is 0 Å². The smallest absolute Gasteiger partial charge is 0.185 e. The van der Waals surface area contributed by atoms with E-state index in [1.54, 1.807) is 19.3 Å². The maximum absolute atomic E-state index is 10.7. The van der Waals surface area contributed by atoms with E-state index in [1.807, 2.05) is 18.2 Å². The summed E-state index contributed by atoms with van der Waals surface area (Å²) in [4.78, 5) is 15.0. The van der Waals surface area contributed by atoms with Crippen LogP contribution in [-0.4, -0.2) is 26.0 Å². The summed E-state index contributed by atoms with van der Waals surface area (Å²) in [6, 6.07) is 1.98. The second kappa shape index (κ2) is 5.63. The van der Waals surface area contributed by atoms with Gasteiger partial charge in [-0.15, -0.1) is 0 Å². The summed E-state index contributed by atoms with van der Waals surface area (Å²) in [7, 11) is 0. The minimum atomic E-state index is 0.163. The summed E-state index contributed by atoms with van der Waals surface area (Å²) in [6.45, 7) is 1.59. The van der Waals surface area contributed by atoms with E-state index in [0.717, 1.165) is 28.8 Å². The van der Waals surface area contributed by atoms with Gasteiger partial charge in [-0.1, -0.05) is 17.8 Å². The van der Waals surface area contributed by atoms with Crippen molar-refractivity contribution in [3.63, 3.8) is 0 Å². The number of carbonyl (C=O) groups is 1. The predicted octanol–water partition coefficient (Wildman–Crippen LogP) is 2.64. The Bertz CT molecular complexity index is 547. The third-order valence-electron chi connectivity index (χ3n) is 2.22. The Morgan fingerprint density at radius 1 is 1.53 bits per heavy atom. The van der Waals surface area contributed by atoms with Crippen molar-refractivity contribution in [3.05, 3.63) is 30.2 Å². The molecule has 0 atom stereocenters. The van der Waals surface area contributed by atoms with Crippen molar-refractivity contribution >= 4 is 33.9 Å². The summed E-state index contributed by atoms with van der Waals surface area (Å²) in [5.74, 6) is 0.819. The quantitative estimate of drug-likeness (QED) is 0.844. The summed E-state index contributed by atoms with van der Waals surface area (Å²) in [6.07, 6.45) is 8.42. The molecule has 2 rings (SSSR count). The van der Waals surface area contributed by atoms with Crippen molar-refractivity contribution in [2.45, 2.75) is 13.3 Å². The summed E-state index contributed by atoms with van der Waals surface area (Å²) >= 11 is 1.34. The number of allylic oxidation sites excluding steroid dienone is 1. The van der Waals surface area contributed by atoms with Crippen molar-refractivity contribution in [2.75, 3.05) is 5.75 Å². The second-order valence-electron chi connectivity index (χ2n) is 3.60. The number of hydrogen-bond acceptors (Lipinski definition) is 4. The molecule has 88 valence electrons. The Morgan fingerprint density at radius 2 is 2.41 bits per heavy atom. The molecule has 0 aliphatic heterocycles. The van der Waals surface area contributed by atoms with Gasteiger partial charge in [0.2, 0.25) is 0 Å². The zero-order valence-electron chi connectivity index (χ0n) is 9.51. The first kappa shape index (κ1) is 11.9. The van der Waals surface area contributed by atoms with Gasteiger partial charge in [-0.2, -0.15) is 5.10 Å². The van der Waals surface area contributed by atoms with E-state index in [-0.39, 0.29) is 5.12 Å². The zero-order valence-corrected chi connectivity index (χ0v) is 10.3. The molecule has 0 saturated heterocycles. The molecule has 4 nitrogen and oxygen atoms in total. The van der Waals surface area contributed by atoms with Crippen LogP contribution in [0.2, 0.25) is 0 Å². The molecule has 2 heterocycles. The van der Waals surface area contributed by atoms with Crippen LogP contribution in [0.3, 0.4) is 0 Å². The van der Waals surface area contributed by atoms with Crippen LogP contribution in [0.4, 0.5) is 0 Å². The van der Waals surface area contributed by atoms with Crippen LogP contribution in [0.25, 0.3) is 17.0 Å². The van der Waals surface area contributed by atoms with Crippen LogP contribution in [0.15, 0.2) is 24.5 Å². The Morgan fingerprint density at radius 3 is 3.24 bits per heavy atom. The first-order chi connectivity index (χ1) is 8.25. The number of fused-ring (bicyclic) bond motifs is 1. The van der Waals surface area contributed by atoms with E-state index in [2.05, 4.69) is 15.2 Å². The first-order valence-corrected chi connectivity index (χ1v) is 6.33. The monoisotopic (exact) mass is 247 g/mol. The molecule has 0 radical (unpaired) electrons. The lowest BCUT2D eigenvalue weighted by Crippen LogP contribution is -1.84. The van der Waals surface area contributed by atoms with E-state index in [9.17, 15) is 4.79 Å². The molecular weight excluding hydrogens is 234 g/mol. The highest BCUT2D eigenvalue weighted by Gasteiger charge is 1.96. The Hall–Kier alpha value is -1.62. The molecule has 0 aliphatic carbocycles. The van der Waals surface area contributed by atoms with Gasteiger partial charge in [-0.25, -0.2) is 0 Å². The number of rotatable bonds is 4. The second-order valence-corrected chi connectivity index (χ2v) is 4.87. The molecule has 0 bridgehead atoms. The van der Waals surface area contributed by atoms with Crippen LogP contribution in [0.5, 0.6) is 0 Å². The van der Waals surface area contributed by atoms with Gasteiger partial charge in [0.1, 0.15) is 0 Å². The average Bonchev–Trinajstić information content (AvgIpc) is 2.75. The Balaban J connectivity index is 1.93. The van der Waals surface area contributed by atoms with E-state index >= 15 is 0 Å². The van der Waals surface area contributed by atoms with E-state index < -0.39 is 0 Å². The lowest BCUT2D eigenvalue weighted by molar-refractivity contribution is -0.109. The highest BCUT2D eigenvalue weighted by molar-refractivity contribution is 8.13. The van der Waals surface area contributed by atoms with E-state index in [4.69, 9.17) is 0 Å². The van der Waals surface area contributed by atoms with Gasteiger partial charge in [0.05, 0.1) is 23.6 Å². The molecule has 0 unspecified atom stereocenters. The number of aromatic amines is 1. The molecule has 0 amide bonds. The fourth-order valence-corrected chi connectivity index (χ4v) is 1.97. The standard InChI is InChI=1S/C12H13N3OS/c1-9(16)17-5-3-2-4-11-6-10-7-14-15-12(10)8-13-11/h2,4,6-8H,3,5H2,1H3,(H,14,15). The maximum atomic E-state index is 10.7. The highest BCUT2D eigenvalue weighted by Crippen LogP contribution is 2.11. The topological polar surface area (TPSA) is 58.6 Å². The lowest BCUT2D eigenvalue weighted by Gasteiger charge is -1.94. The van der Waals surface area contributed by atoms with Gasteiger partial charge in [0.15, 0.2) is 5.12 Å². The normalized spacial score (nSPS) is 11.4. The number of aromatic nitrogens is 3. The van der Waals surface area contributed by atoms with Gasteiger partial charge in [-0.05, 0) is 18.6 Å². The van der Waals surface area contributed by atoms with Crippen LogP contribution >= 0.6 is 11.8 Å². The van der Waals surface area contributed by atoms with Gasteiger partial charge < -0.3 is 0 Å². The van der Waals surface area contributed by atoms with Crippen LogP contribution in [0.1, 0.15) is 19.0 Å². The van der Waals surface area contributed by atoms with Gasteiger partial charge in [-0.3, -0.25) is 14.9 Å². The fourth-order valence-electron chi connectivity index (χ4n) is 1.43. The summed E-state index contributed by atoms with van der Waals surface area (Å²) < 4.78 is 0. The summed E-state index contributed by atoms with van der Waals surface area (Å²) in [5.41, 5.74) is 1.85. The van der Waals surface area contributed by atoms with Crippen molar-refractivity contribution in [2.24, 2.45) is 0 Å². The molecule has 2 aromatic rings. The molecule has 5 heteroatoms. The number of hydrogen-bond donors (Lipinski definition) is 1. The van der Waals surface area contributed by atoms with Crippen LogP contribution in [0, 0.1) is 0 Å². The Kier molecular flexibility index (Phi) is 3.93. The SMILES string of the molecule is CC(=O)SCCC=Cc1cc2cn[nH]c2cn1. The van der Waals surface area contributed by atoms with Crippen molar-refractivity contribution < 1.29 is 4.79 Å².